The highest BCUT2D eigenvalue weighted by Gasteiger charge is 2.40. The summed E-state index contributed by atoms with van der Waals surface area (Å²) in [4.78, 5) is 45.4. The van der Waals surface area contributed by atoms with E-state index in [0.29, 0.717) is 54.9 Å². The highest BCUT2D eigenvalue weighted by molar-refractivity contribution is 6.33. The van der Waals surface area contributed by atoms with Crippen LogP contribution in [0.25, 0.3) is 0 Å². The van der Waals surface area contributed by atoms with Crippen molar-refractivity contribution >= 4 is 41.1 Å². The molecule has 0 bridgehead atoms. The van der Waals surface area contributed by atoms with E-state index in [1.807, 2.05) is 6.92 Å². The number of nitrogens with zero attached hydrogens (tertiary/aromatic N) is 1. The molecule has 0 aromatic heterocycles. The molecule has 0 aliphatic carbocycles. The van der Waals surface area contributed by atoms with Crippen LogP contribution < -0.4 is 15.8 Å². The van der Waals surface area contributed by atoms with Gasteiger partial charge in [-0.1, -0.05) is 23.7 Å². The van der Waals surface area contributed by atoms with Crippen LogP contribution in [0.4, 0.5) is 10.1 Å². The number of aliphatic hydroxyl groups is 1. The first-order chi connectivity index (χ1) is 19.7. The third-order valence-electron chi connectivity index (χ3n) is 5.96. The summed E-state index contributed by atoms with van der Waals surface area (Å²) in [6, 6.07) is 9.55. The van der Waals surface area contributed by atoms with Crippen LogP contribution in [-0.4, -0.2) is 116 Å². The summed E-state index contributed by atoms with van der Waals surface area (Å²) in [5.41, 5.74) is 4.80. The molecule has 1 heterocycles. The minimum atomic E-state index is -2.74. The van der Waals surface area contributed by atoms with E-state index in [9.17, 15) is 23.6 Å². The molecule has 262 valence electrons. The van der Waals surface area contributed by atoms with Crippen LogP contribution in [0.2, 0.25) is 5.02 Å². The molecule has 0 radical (unpaired) electrons. The normalized spacial score (nSPS) is 13.9. The lowest BCUT2D eigenvalue weighted by Gasteiger charge is -2.33. The van der Waals surface area contributed by atoms with Gasteiger partial charge in [-0.25, -0.2) is 9.18 Å². The van der Waals surface area contributed by atoms with Gasteiger partial charge in [-0.3, -0.25) is 19.3 Å². The number of nitrogen functional groups attached to an aromatic ring is 1. The number of benzene rings is 2. The quantitative estimate of drug-likeness (QED) is 0.140. The minimum Gasteiger partial charge on any atom is -0.493 e. The van der Waals surface area contributed by atoms with E-state index in [2.05, 4.69) is 10.2 Å². The number of aliphatic carboxylic acids is 3. The summed E-state index contributed by atoms with van der Waals surface area (Å²) in [6.45, 7) is 5.31. The Bertz CT molecular complexity index is 1250. The minimum absolute atomic E-state index is 0. The lowest BCUT2D eigenvalue weighted by atomic mass is 9.96. The Morgan fingerprint density at radius 1 is 1.07 bits per heavy atom. The number of morpholine rings is 1. The zero-order valence-electron chi connectivity index (χ0n) is 24.7. The van der Waals surface area contributed by atoms with E-state index in [0.717, 1.165) is 12.1 Å². The number of halogens is 2. The number of anilines is 1. The third-order valence-corrected chi connectivity index (χ3v) is 6.29. The molecular weight excluding hydrogens is 645 g/mol. The van der Waals surface area contributed by atoms with Gasteiger partial charge in [0.25, 0.3) is 5.91 Å². The molecule has 1 amide bonds. The molecule has 0 spiro atoms. The van der Waals surface area contributed by atoms with Crippen LogP contribution in [0.5, 0.6) is 5.75 Å². The molecule has 1 fully saturated rings. The van der Waals surface area contributed by atoms with Gasteiger partial charge in [0.15, 0.2) is 5.60 Å². The number of nitrogens with one attached hydrogen (secondary N) is 1. The Morgan fingerprint density at radius 2 is 1.63 bits per heavy atom. The number of nitrogens with two attached hydrogens (primary N) is 1. The standard InChI is InChI=1S/C21H25ClFN3O3.C6H8O7.4H2O/c1-2-28-20-10-19(24)18(22)9-17(20)21(27)25-11-16-13-26(7-8-29-16)12-14-3-5-15(23)6-4-14;7-3(8)1-6(13,5(11)12)2-4(9)10;;;;/h3-6,9-10,16H,2,7-8,11-13,24H2,1H3,(H,25,27);13H,1-2H2,(H,7,8)(H,9,10)(H,11,12);4*1H2. The monoisotopic (exact) mass is 685 g/mol. The van der Waals surface area contributed by atoms with Crippen molar-refractivity contribution in [2.75, 3.05) is 38.6 Å². The molecule has 19 heteroatoms. The van der Waals surface area contributed by atoms with Gasteiger partial charge in [-0.05, 0) is 30.7 Å². The van der Waals surface area contributed by atoms with Gasteiger partial charge in [-0.15, -0.1) is 0 Å². The zero-order chi connectivity index (χ0) is 31.4. The fourth-order valence-electron chi connectivity index (χ4n) is 3.93. The maximum atomic E-state index is 13.1. The Balaban J connectivity index is -0.000000940. The molecule has 15 N–H and O–H groups in total. The van der Waals surface area contributed by atoms with Crippen LogP contribution in [0.3, 0.4) is 0 Å². The second-order valence-corrected chi connectivity index (χ2v) is 9.75. The Hall–Kier alpha value is -4.14. The fourth-order valence-corrected chi connectivity index (χ4v) is 4.10. The summed E-state index contributed by atoms with van der Waals surface area (Å²) in [5, 5.41) is 37.0. The number of carboxylic acid groups (broad SMARTS) is 3. The first-order valence-electron chi connectivity index (χ1n) is 12.7. The van der Waals surface area contributed by atoms with E-state index in [4.69, 9.17) is 47.2 Å². The number of rotatable bonds is 12. The molecule has 1 atom stereocenters. The highest BCUT2D eigenvalue weighted by atomic mass is 35.5. The molecule has 1 aliphatic heterocycles. The molecule has 46 heavy (non-hydrogen) atoms. The number of hydrogen-bond donors (Lipinski definition) is 6. The highest BCUT2D eigenvalue weighted by Crippen LogP contribution is 2.29. The lowest BCUT2D eigenvalue weighted by Crippen LogP contribution is -2.47. The van der Waals surface area contributed by atoms with E-state index >= 15 is 0 Å². The molecule has 3 rings (SSSR count). The van der Waals surface area contributed by atoms with Crippen molar-refractivity contribution < 1.29 is 75.4 Å². The number of carbonyl (C=O) groups excluding carboxylic acids is 1. The van der Waals surface area contributed by atoms with Gasteiger partial charge in [0, 0.05) is 32.2 Å². The Morgan fingerprint density at radius 3 is 2.13 bits per heavy atom. The van der Waals surface area contributed by atoms with E-state index in [1.165, 1.54) is 18.2 Å². The van der Waals surface area contributed by atoms with Crippen molar-refractivity contribution in [3.05, 3.63) is 58.4 Å². The van der Waals surface area contributed by atoms with Crippen LogP contribution >= 0.6 is 11.6 Å². The van der Waals surface area contributed by atoms with Crippen molar-refractivity contribution in [1.29, 1.82) is 0 Å². The van der Waals surface area contributed by atoms with Gasteiger partial charge in [-0.2, -0.15) is 0 Å². The Kier molecular flexibility index (Phi) is 21.7. The van der Waals surface area contributed by atoms with Crippen LogP contribution in [0, 0.1) is 5.82 Å². The Labute approximate surface area is 267 Å². The SMILES string of the molecule is CCOc1cc(N)c(Cl)cc1C(=O)NCC1CN(Cc2ccc(F)cc2)CCO1.O.O.O.O.O=C(O)CC(O)(CC(=O)O)C(=O)O. The van der Waals surface area contributed by atoms with Gasteiger partial charge in [0.2, 0.25) is 0 Å². The maximum absolute atomic E-state index is 13.1. The van der Waals surface area contributed by atoms with E-state index < -0.39 is 36.4 Å². The molecule has 0 saturated carbocycles. The summed E-state index contributed by atoms with van der Waals surface area (Å²) in [7, 11) is 0. The molecular formula is C27H41ClFN3O14. The topological polar surface area (TPSA) is 335 Å². The maximum Gasteiger partial charge on any atom is 0.336 e. The number of hydrogen-bond acceptors (Lipinski definition) is 9. The second kappa shape index (κ2) is 21.6. The molecule has 1 unspecified atom stereocenters. The van der Waals surface area contributed by atoms with E-state index in [1.54, 1.807) is 18.2 Å². The largest absolute Gasteiger partial charge is 0.493 e. The van der Waals surface area contributed by atoms with Gasteiger partial charge >= 0.3 is 17.9 Å². The summed E-state index contributed by atoms with van der Waals surface area (Å²) < 4.78 is 24.4. The van der Waals surface area contributed by atoms with Crippen LogP contribution in [0.1, 0.15) is 35.7 Å². The van der Waals surface area contributed by atoms with E-state index in [-0.39, 0.29) is 39.7 Å². The third kappa shape index (κ3) is 14.8. The number of carboxylic acids is 3. The first-order valence-corrected chi connectivity index (χ1v) is 13.1. The molecule has 1 aliphatic rings. The first kappa shape index (κ1) is 46.3. The predicted octanol–water partition coefficient (Wildman–Crippen LogP) is -1.46. The summed E-state index contributed by atoms with van der Waals surface area (Å²) in [6.07, 6.45) is -2.43. The van der Waals surface area contributed by atoms with Crippen molar-refractivity contribution in [3.8, 4) is 5.75 Å². The smallest absolute Gasteiger partial charge is 0.336 e. The van der Waals surface area contributed by atoms with Gasteiger partial charge in [0.05, 0.1) is 48.4 Å². The molecule has 2 aromatic carbocycles. The van der Waals surface area contributed by atoms with Crippen molar-refractivity contribution in [3.63, 3.8) is 0 Å². The molecule has 2 aromatic rings. The average molecular weight is 686 g/mol. The van der Waals surface area contributed by atoms with Gasteiger partial charge in [0.1, 0.15) is 11.6 Å². The lowest BCUT2D eigenvalue weighted by molar-refractivity contribution is -0.170. The molecule has 1 saturated heterocycles. The van der Waals surface area contributed by atoms with Crippen molar-refractivity contribution in [1.82, 2.24) is 10.2 Å². The molecule has 17 nitrogen and oxygen atoms in total. The van der Waals surface area contributed by atoms with Gasteiger partial charge < -0.3 is 62.9 Å². The fraction of sp³-hybridized carbons (Fsp3) is 0.407. The average Bonchev–Trinajstić information content (AvgIpc) is 2.90. The second-order valence-electron chi connectivity index (χ2n) is 9.35. The summed E-state index contributed by atoms with van der Waals surface area (Å²) >= 11 is 6.07. The van der Waals surface area contributed by atoms with Crippen molar-refractivity contribution in [2.24, 2.45) is 0 Å². The zero-order valence-corrected chi connectivity index (χ0v) is 25.5. The number of amides is 1. The van der Waals surface area contributed by atoms with Crippen LogP contribution in [-0.2, 0) is 25.7 Å². The predicted molar refractivity (Wildman–Crippen MR) is 162 cm³/mol. The summed E-state index contributed by atoms with van der Waals surface area (Å²) in [5.74, 6) is -5.16. The van der Waals surface area contributed by atoms with Crippen molar-refractivity contribution in [2.45, 2.75) is 38.0 Å². The number of carbonyl (C=O) groups is 4. The van der Waals surface area contributed by atoms with Crippen LogP contribution in [0.15, 0.2) is 36.4 Å². The number of ether oxygens (including phenoxy) is 2.